The van der Waals surface area contributed by atoms with Crippen molar-refractivity contribution in [3.8, 4) is 0 Å². The lowest BCUT2D eigenvalue weighted by Crippen LogP contribution is -2.44. The Bertz CT molecular complexity index is 819. The molecule has 2 amide bonds. The largest absolute Gasteiger partial charge is 0.344 e. The Kier molecular flexibility index (Phi) is 6.34. The van der Waals surface area contributed by atoms with E-state index in [-0.39, 0.29) is 23.8 Å². The van der Waals surface area contributed by atoms with Crippen molar-refractivity contribution in [1.82, 2.24) is 10.2 Å². The van der Waals surface area contributed by atoms with Gasteiger partial charge in [-0.15, -0.1) is 11.3 Å². The van der Waals surface area contributed by atoms with E-state index in [2.05, 4.69) is 48.0 Å². The number of nitrogens with one attached hydrogen (secondary N) is 1. The number of nitrogens with zero attached hydrogens (tertiary/aromatic N) is 1. The Morgan fingerprint density at radius 3 is 2.38 bits per heavy atom. The first kappa shape index (κ1) is 20.1. The molecule has 4 rings (SSSR count). The summed E-state index contributed by atoms with van der Waals surface area (Å²) >= 11 is 1.68. The number of hydrogen-bond acceptors (Lipinski definition) is 3. The van der Waals surface area contributed by atoms with Gasteiger partial charge in [-0.1, -0.05) is 43.7 Å². The van der Waals surface area contributed by atoms with Gasteiger partial charge in [-0.3, -0.25) is 9.59 Å². The van der Waals surface area contributed by atoms with Crippen LogP contribution in [-0.2, 0) is 16.0 Å². The molecular formula is C24H30N2O2S. The maximum Gasteiger partial charge on any atom is 0.225 e. The molecule has 1 aromatic carbocycles. The molecule has 0 bridgehead atoms. The van der Waals surface area contributed by atoms with Gasteiger partial charge in [-0.2, -0.15) is 0 Å². The van der Waals surface area contributed by atoms with E-state index in [1.165, 1.54) is 5.56 Å². The number of aryl methyl sites for hydroxylation is 1. The summed E-state index contributed by atoms with van der Waals surface area (Å²) in [5, 5.41) is 5.36. The van der Waals surface area contributed by atoms with Gasteiger partial charge in [0.25, 0.3) is 0 Å². The number of hydrogen-bond donors (Lipinski definition) is 1. The topological polar surface area (TPSA) is 49.4 Å². The monoisotopic (exact) mass is 410 g/mol. The maximum absolute atomic E-state index is 13.1. The molecule has 1 N–H and O–H groups in total. The summed E-state index contributed by atoms with van der Waals surface area (Å²) < 4.78 is 0. The maximum atomic E-state index is 13.1. The fraction of sp³-hybridized carbons (Fsp3) is 0.500. The number of amides is 2. The average molecular weight is 411 g/mol. The molecule has 29 heavy (non-hydrogen) atoms. The van der Waals surface area contributed by atoms with Crippen LogP contribution in [-0.4, -0.2) is 29.8 Å². The van der Waals surface area contributed by atoms with Crippen molar-refractivity contribution in [2.24, 2.45) is 11.8 Å². The molecule has 0 spiro atoms. The van der Waals surface area contributed by atoms with E-state index in [9.17, 15) is 9.59 Å². The Balaban J connectivity index is 1.41. The standard InChI is InChI=1S/C24H30N2O2S/c1-2-4-17-6-8-18(9-7-17)22(21-5-3-16-29-21)25-23(27)19-12-14-26(15-13-19)24(28)20-10-11-20/h3,5-9,16,19-20,22H,2,4,10-15H2,1H3,(H,25,27). The van der Waals surface area contributed by atoms with Crippen molar-refractivity contribution in [3.63, 3.8) is 0 Å². The molecular weight excluding hydrogens is 380 g/mol. The lowest BCUT2D eigenvalue weighted by molar-refractivity contribution is -0.136. The molecule has 1 saturated heterocycles. The number of carbonyl (C=O) groups is 2. The molecule has 1 unspecified atom stereocenters. The number of benzene rings is 1. The van der Waals surface area contributed by atoms with Crippen LogP contribution in [0.1, 0.15) is 61.1 Å². The van der Waals surface area contributed by atoms with Crippen molar-refractivity contribution >= 4 is 23.2 Å². The van der Waals surface area contributed by atoms with E-state index in [1.54, 1.807) is 11.3 Å². The number of likely N-dealkylation sites (tertiary alicyclic amines) is 1. The minimum atomic E-state index is -0.107. The smallest absolute Gasteiger partial charge is 0.225 e. The number of carbonyl (C=O) groups excluding carboxylic acids is 2. The molecule has 5 heteroatoms. The first-order valence-electron chi connectivity index (χ1n) is 10.9. The molecule has 2 aliphatic rings. The highest BCUT2D eigenvalue weighted by Gasteiger charge is 2.36. The molecule has 1 aliphatic carbocycles. The highest BCUT2D eigenvalue weighted by molar-refractivity contribution is 7.10. The quantitative estimate of drug-likeness (QED) is 0.728. The predicted molar refractivity (Wildman–Crippen MR) is 117 cm³/mol. The van der Waals surface area contributed by atoms with Gasteiger partial charge in [-0.25, -0.2) is 0 Å². The molecule has 1 atom stereocenters. The predicted octanol–water partition coefficient (Wildman–Crippen LogP) is 4.55. The van der Waals surface area contributed by atoms with E-state index < -0.39 is 0 Å². The molecule has 2 aromatic rings. The zero-order valence-corrected chi connectivity index (χ0v) is 17.9. The molecule has 1 aromatic heterocycles. The highest BCUT2D eigenvalue weighted by atomic mass is 32.1. The Hall–Kier alpha value is -2.14. The van der Waals surface area contributed by atoms with E-state index in [0.717, 1.165) is 49.0 Å². The van der Waals surface area contributed by atoms with E-state index in [4.69, 9.17) is 0 Å². The number of rotatable bonds is 7. The third-order valence-corrected chi connectivity index (χ3v) is 7.01. The third kappa shape index (κ3) is 4.89. The summed E-state index contributed by atoms with van der Waals surface area (Å²) in [7, 11) is 0. The summed E-state index contributed by atoms with van der Waals surface area (Å²) in [6.45, 7) is 3.61. The van der Waals surface area contributed by atoms with E-state index in [1.807, 2.05) is 11.0 Å². The van der Waals surface area contributed by atoms with Gasteiger partial charge < -0.3 is 10.2 Å². The van der Waals surface area contributed by atoms with Crippen LogP contribution in [0.2, 0.25) is 0 Å². The van der Waals surface area contributed by atoms with Gasteiger partial charge in [0.05, 0.1) is 6.04 Å². The molecule has 1 saturated carbocycles. The van der Waals surface area contributed by atoms with Gasteiger partial charge in [0.1, 0.15) is 0 Å². The lowest BCUT2D eigenvalue weighted by atomic mass is 9.94. The van der Waals surface area contributed by atoms with E-state index in [0.29, 0.717) is 19.0 Å². The van der Waals surface area contributed by atoms with Gasteiger partial charge in [0, 0.05) is 29.8 Å². The van der Waals surface area contributed by atoms with Crippen LogP contribution in [0, 0.1) is 11.8 Å². The van der Waals surface area contributed by atoms with Crippen LogP contribution in [0.3, 0.4) is 0 Å². The van der Waals surface area contributed by atoms with Crippen LogP contribution >= 0.6 is 11.3 Å². The first-order valence-corrected chi connectivity index (χ1v) is 11.7. The second kappa shape index (κ2) is 9.12. The molecule has 4 nitrogen and oxygen atoms in total. The Labute approximate surface area is 177 Å². The SMILES string of the molecule is CCCc1ccc(C(NC(=O)C2CCN(C(=O)C3CC3)CC2)c2cccs2)cc1. The lowest BCUT2D eigenvalue weighted by Gasteiger charge is -2.32. The fourth-order valence-corrected chi connectivity index (χ4v) is 4.95. The summed E-state index contributed by atoms with van der Waals surface area (Å²) in [5.41, 5.74) is 2.46. The Morgan fingerprint density at radius 1 is 1.07 bits per heavy atom. The molecule has 154 valence electrons. The van der Waals surface area contributed by atoms with Crippen molar-refractivity contribution in [3.05, 3.63) is 57.8 Å². The minimum absolute atomic E-state index is 0.0138. The zero-order chi connectivity index (χ0) is 20.2. The Morgan fingerprint density at radius 2 is 1.79 bits per heavy atom. The van der Waals surface area contributed by atoms with Crippen LogP contribution in [0.25, 0.3) is 0 Å². The highest BCUT2D eigenvalue weighted by Crippen LogP contribution is 2.33. The van der Waals surface area contributed by atoms with Gasteiger partial charge in [0.15, 0.2) is 0 Å². The van der Waals surface area contributed by atoms with Crippen molar-refractivity contribution in [1.29, 1.82) is 0 Å². The number of piperidine rings is 1. The summed E-state index contributed by atoms with van der Waals surface area (Å²) in [5.74, 6) is 0.659. The minimum Gasteiger partial charge on any atom is -0.344 e. The van der Waals surface area contributed by atoms with Gasteiger partial charge >= 0.3 is 0 Å². The third-order valence-electron chi connectivity index (χ3n) is 6.07. The summed E-state index contributed by atoms with van der Waals surface area (Å²) in [6.07, 6.45) is 5.81. The van der Waals surface area contributed by atoms with Crippen molar-refractivity contribution in [2.45, 2.75) is 51.5 Å². The van der Waals surface area contributed by atoms with Crippen LogP contribution < -0.4 is 5.32 Å². The van der Waals surface area contributed by atoms with Crippen LogP contribution in [0.15, 0.2) is 41.8 Å². The van der Waals surface area contributed by atoms with Crippen LogP contribution in [0.5, 0.6) is 0 Å². The van der Waals surface area contributed by atoms with E-state index >= 15 is 0 Å². The molecule has 0 radical (unpaired) electrons. The van der Waals surface area contributed by atoms with Gasteiger partial charge in [-0.05, 0) is 54.7 Å². The molecule has 2 fully saturated rings. The molecule has 2 heterocycles. The number of thiophene rings is 1. The zero-order valence-electron chi connectivity index (χ0n) is 17.1. The van der Waals surface area contributed by atoms with Crippen molar-refractivity contribution < 1.29 is 9.59 Å². The van der Waals surface area contributed by atoms with Gasteiger partial charge in [0.2, 0.25) is 11.8 Å². The first-order chi connectivity index (χ1) is 14.2. The second-order valence-corrected chi connectivity index (χ2v) is 9.30. The molecule has 1 aliphatic heterocycles. The second-order valence-electron chi connectivity index (χ2n) is 8.32. The summed E-state index contributed by atoms with van der Waals surface area (Å²) in [6, 6.07) is 12.7. The van der Waals surface area contributed by atoms with Crippen LogP contribution in [0.4, 0.5) is 0 Å². The average Bonchev–Trinajstić information content (AvgIpc) is 3.47. The summed E-state index contributed by atoms with van der Waals surface area (Å²) in [4.78, 5) is 28.4. The normalized spacial score (nSPS) is 18.4. The van der Waals surface area contributed by atoms with Crippen molar-refractivity contribution in [2.75, 3.05) is 13.1 Å². The fourth-order valence-electron chi connectivity index (χ4n) is 4.15.